The van der Waals surface area contributed by atoms with Crippen LogP contribution in [0.2, 0.25) is 5.02 Å². The highest BCUT2D eigenvalue weighted by atomic mass is 35.5. The highest BCUT2D eigenvalue weighted by Gasteiger charge is 2.37. The normalized spacial score (nSPS) is 12.1. The van der Waals surface area contributed by atoms with E-state index in [1.807, 2.05) is 18.2 Å². The molecule has 0 bridgehead atoms. The highest BCUT2D eigenvalue weighted by molar-refractivity contribution is 7.89. The Hall–Kier alpha value is -3.35. The van der Waals surface area contributed by atoms with Gasteiger partial charge in [0.1, 0.15) is 17.5 Å². The number of para-hydroxylation sites is 1. The molecular weight excluding hydrogens is 488 g/mol. The van der Waals surface area contributed by atoms with Crippen molar-refractivity contribution in [2.45, 2.75) is 24.8 Å². The van der Waals surface area contributed by atoms with Gasteiger partial charge in [0.05, 0.1) is 11.4 Å². The Morgan fingerprint density at radius 3 is 2.20 bits per heavy atom. The number of hydrogen-bond acceptors (Lipinski definition) is 5. The van der Waals surface area contributed by atoms with Crippen molar-refractivity contribution in [2.75, 3.05) is 6.54 Å². The van der Waals surface area contributed by atoms with Crippen LogP contribution in [0.15, 0.2) is 83.8 Å². The summed E-state index contributed by atoms with van der Waals surface area (Å²) in [6, 6.07) is 20.1. The molecular formula is C26H25ClN2O5S. The SMILES string of the molecule is CC(C)[C@@H](C(=O)NCC#Cc1ccc(Cl)cc1)N(O)S(=O)(=O)c1ccc(Oc2ccccc2)cc1. The summed E-state index contributed by atoms with van der Waals surface area (Å²) in [6.45, 7) is 3.25. The van der Waals surface area contributed by atoms with Crippen LogP contribution in [0.25, 0.3) is 0 Å². The smallest absolute Gasteiger partial charge is 0.265 e. The van der Waals surface area contributed by atoms with Crippen LogP contribution in [-0.2, 0) is 14.8 Å². The summed E-state index contributed by atoms with van der Waals surface area (Å²) >= 11 is 5.84. The summed E-state index contributed by atoms with van der Waals surface area (Å²) in [6.07, 6.45) is 0. The molecule has 9 heteroatoms. The molecule has 1 atom stereocenters. The summed E-state index contributed by atoms with van der Waals surface area (Å²) in [5.74, 6) is 5.51. The molecule has 0 heterocycles. The molecule has 0 aliphatic carbocycles. The first kappa shape index (κ1) is 26.3. The number of carbonyl (C=O) groups excluding carboxylic acids is 1. The fraction of sp³-hybridized carbons (Fsp3) is 0.192. The molecule has 3 aromatic carbocycles. The van der Waals surface area contributed by atoms with Gasteiger partial charge in [-0.1, -0.05) is 60.0 Å². The number of hydroxylamine groups is 1. The number of rotatable bonds is 8. The molecule has 0 aromatic heterocycles. The van der Waals surface area contributed by atoms with Crippen molar-refractivity contribution in [3.63, 3.8) is 0 Å². The molecule has 0 saturated carbocycles. The van der Waals surface area contributed by atoms with Gasteiger partial charge in [-0.3, -0.25) is 10.0 Å². The maximum Gasteiger partial charge on any atom is 0.265 e. The Morgan fingerprint density at radius 2 is 1.60 bits per heavy atom. The molecule has 0 radical (unpaired) electrons. The number of benzene rings is 3. The average molecular weight is 513 g/mol. The Bertz CT molecular complexity index is 1300. The Morgan fingerprint density at radius 1 is 1.00 bits per heavy atom. The van der Waals surface area contributed by atoms with E-state index in [4.69, 9.17) is 16.3 Å². The van der Waals surface area contributed by atoms with Gasteiger partial charge in [-0.25, -0.2) is 8.42 Å². The van der Waals surface area contributed by atoms with Gasteiger partial charge in [0.15, 0.2) is 0 Å². The van der Waals surface area contributed by atoms with Crippen LogP contribution >= 0.6 is 11.6 Å². The van der Waals surface area contributed by atoms with Gasteiger partial charge in [-0.15, -0.1) is 0 Å². The van der Waals surface area contributed by atoms with Gasteiger partial charge >= 0.3 is 0 Å². The first-order valence-electron chi connectivity index (χ1n) is 10.8. The Labute approximate surface area is 210 Å². The third-order valence-electron chi connectivity index (χ3n) is 4.91. The number of hydrogen-bond donors (Lipinski definition) is 2. The topological polar surface area (TPSA) is 95.9 Å². The lowest BCUT2D eigenvalue weighted by atomic mass is 10.0. The minimum atomic E-state index is -4.37. The zero-order valence-electron chi connectivity index (χ0n) is 19.2. The molecule has 0 unspecified atom stereocenters. The minimum absolute atomic E-state index is 0.0237. The fourth-order valence-electron chi connectivity index (χ4n) is 3.14. The molecule has 0 aliphatic rings. The second kappa shape index (κ2) is 11.9. The van der Waals surface area contributed by atoms with Crippen molar-refractivity contribution in [2.24, 2.45) is 5.92 Å². The van der Waals surface area contributed by atoms with Gasteiger partial charge in [0, 0.05) is 10.6 Å². The molecule has 35 heavy (non-hydrogen) atoms. The van der Waals surface area contributed by atoms with Crippen LogP contribution < -0.4 is 10.1 Å². The van der Waals surface area contributed by atoms with E-state index in [0.717, 1.165) is 5.56 Å². The van der Waals surface area contributed by atoms with Crippen molar-refractivity contribution in [3.8, 4) is 23.3 Å². The minimum Gasteiger partial charge on any atom is -0.457 e. The van der Waals surface area contributed by atoms with E-state index >= 15 is 0 Å². The lowest BCUT2D eigenvalue weighted by Gasteiger charge is -2.27. The molecule has 182 valence electrons. The summed E-state index contributed by atoms with van der Waals surface area (Å²) in [5, 5.41) is 13.8. The number of nitrogens with one attached hydrogen (secondary N) is 1. The van der Waals surface area contributed by atoms with Crippen LogP contribution in [0.4, 0.5) is 0 Å². The summed E-state index contributed by atoms with van der Waals surface area (Å²) in [7, 11) is -4.37. The first-order valence-corrected chi connectivity index (χ1v) is 12.6. The van der Waals surface area contributed by atoms with E-state index in [2.05, 4.69) is 17.2 Å². The number of sulfonamides is 1. The van der Waals surface area contributed by atoms with Crippen LogP contribution in [0.3, 0.4) is 0 Å². The standard InChI is InChI=1S/C26H25ClN2O5S/c1-19(2)25(26(30)28-18-6-7-20-10-12-21(27)13-11-20)29(31)35(32,33)24-16-14-23(15-17-24)34-22-8-4-3-5-9-22/h3-5,8-17,19,25,31H,18H2,1-2H3,(H,28,30)/t25-/m0/s1. The van der Waals surface area contributed by atoms with E-state index in [-0.39, 0.29) is 15.9 Å². The molecule has 0 saturated heterocycles. The van der Waals surface area contributed by atoms with E-state index in [0.29, 0.717) is 16.5 Å². The lowest BCUT2D eigenvalue weighted by Crippen LogP contribution is -2.50. The van der Waals surface area contributed by atoms with Gasteiger partial charge in [0.2, 0.25) is 5.91 Å². The predicted molar refractivity (Wildman–Crippen MR) is 134 cm³/mol. The van der Waals surface area contributed by atoms with Crippen LogP contribution in [0.5, 0.6) is 11.5 Å². The van der Waals surface area contributed by atoms with E-state index in [9.17, 15) is 18.4 Å². The Kier molecular flexibility index (Phi) is 8.90. The number of nitrogens with zero attached hydrogens (tertiary/aromatic N) is 1. The highest BCUT2D eigenvalue weighted by Crippen LogP contribution is 2.25. The predicted octanol–water partition coefficient (Wildman–Crippen LogP) is 4.70. The molecule has 3 rings (SSSR count). The van der Waals surface area contributed by atoms with Gasteiger partial charge in [-0.2, -0.15) is 0 Å². The number of halogens is 1. The molecule has 0 aliphatic heterocycles. The third kappa shape index (κ3) is 7.07. The first-order chi connectivity index (χ1) is 16.7. The Balaban J connectivity index is 1.68. The third-order valence-corrected chi connectivity index (χ3v) is 6.75. The molecule has 2 N–H and O–H groups in total. The van der Waals surface area contributed by atoms with E-state index < -0.39 is 27.9 Å². The summed E-state index contributed by atoms with van der Waals surface area (Å²) in [4.78, 5) is 12.6. The largest absolute Gasteiger partial charge is 0.457 e. The van der Waals surface area contributed by atoms with Gasteiger partial charge in [0.25, 0.3) is 10.0 Å². The maximum atomic E-state index is 13.0. The van der Waals surface area contributed by atoms with Crippen molar-refractivity contribution < 1.29 is 23.2 Å². The molecule has 1 amide bonds. The van der Waals surface area contributed by atoms with Crippen molar-refractivity contribution in [1.29, 1.82) is 0 Å². The maximum absolute atomic E-state index is 13.0. The summed E-state index contributed by atoms with van der Waals surface area (Å²) < 4.78 is 31.8. The number of ether oxygens (including phenoxy) is 1. The van der Waals surface area contributed by atoms with Crippen LogP contribution in [0, 0.1) is 17.8 Å². The van der Waals surface area contributed by atoms with Crippen molar-refractivity contribution in [1.82, 2.24) is 9.79 Å². The van der Waals surface area contributed by atoms with Crippen molar-refractivity contribution >= 4 is 27.5 Å². The zero-order chi connectivity index (χ0) is 25.4. The summed E-state index contributed by atoms with van der Waals surface area (Å²) in [5.41, 5.74) is 0.718. The zero-order valence-corrected chi connectivity index (χ0v) is 20.8. The second-order valence-electron chi connectivity index (χ2n) is 7.88. The number of amides is 1. The van der Waals surface area contributed by atoms with Gasteiger partial charge in [-0.05, 0) is 66.6 Å². The molecule has 7 nitrogen and oxygen atoms in total. The van der Waals surface area contributed by atoms with Crippen LogP contribution in [0.1, 0.15) is 19.4 Å². The average Bonchev–Trinajstić information content (AvgIpc) is 2.84. The quantitative estimate of drug-likeness (QED) is 0.337. The molecule has 3 aromatic rings. The van der Waals surface area contributed by atoms with E-state index in [1.54, 1.807) is 50.2 Å². The van der Waals surface area contributed by atoms with Gasteiger partial charge < -0.3 is 10.1 Å². The van der Waals surface area contributed by atoms with Crippen LogP contribution in [-0.4, -0.2) is 36.6 Å². The monoisotopic (exact) mass is 512 g/mol. The van der Waals surface area contributed by atoms with E-state index in [1.165, 1.54) is 24.3 Å². The molecule has 0 spiro atoms. The fourth-order valence-corrected chi connectivity index (χ4v) is 4.60. The second-order valence-corrected chi connectivity index (χ2v) is 10.1. The number of carbonyl (C=O) groups is 1. The van der Waals surface area contributed by atoms with Crippen molar-refractivity contribution in [3.05, 3.63) is 89.4 Å². The molecule has 0 fully saturated rings. The lowest BCUT2D eigenvalue weighted by molar-refractivity contribution is -0.137.